The Hall–Kier alpha value is -2.28. The lowest BCUT2D eigenvalue weighted by atomic mass is 9.84. The van der Waals surface area contributed by atoms with Crippen LogP contribution in [-0.4, -0.2) is 55.7 Å². The van der Waals surface area contributed by atoms with Crippen LogP contribution >= 0.6 is 11.6 Å². The topological polar surface area (TPSA) is 67.8 Å². The van der Waals surface area contributed by atoms with Gasteiger partial charge in [-0.2, -0.15) is 0 Å². The monoisotopic (exact) mass is 403 g/mol. The number of ether oxygens (including phenoxy) is 2. The van der Waals surface area contributed by atoms with Gasteiger partial charge in [0.1, 0.15) is 11.5 Å². The van der Waals surface area contributed by atoms with E-state index in [0.717, 1.165) is 30.2 Å². The van der Waals surface area contributed by atoms with Crippen molar-refractivity contribution in [2.45, 2.75) is 11.8 Å². The first-order valence-corrected chi connectivity index (χ1v) is 9.78. The van der Waals surface area contributed by atoms with Crippen LogP contribution in [0.2, 0.25) is 5.02 Å². The molecule has 148 valence electrons. The van der Waals surface area contributed by atoms with E-state index in [1.807, 2.05) is 36.4 Å². The van der Waals surface area contributed by atoms with Gasteiger partial charge < -0.3 is 19.9 Å². The van der Waals surface area contributed by atoms with Gasteiger partial charge in [-0.1, -0.05) is 29.8 Å². The fourth-order valence-corrected chi connectivity index (χ4v) is 4.52. The number of likely N-dealkylation sites (tertiary alicyclic amines) is 1. The summed E-state index contributed by atoms with van der Waals surface area (Å²) in [6.07, 6.45) is -0.507. The molecule has 3 unspecified atom stereocenters. The molecule has 2 N–H and O–H groups in total. The largest absolute Gasteiger partial charge is 0.457 e. The summed E-state index contributed by atoms with van der Waals surface area (Å²) in [5.41, 5.74) is 2.27. The number of hydrogen-bond donors (Lipinski definition) is 2. The smallest absolute Gasteiger partial charge is 0.411 e. The second-order valence-corrected chi connectivity index (χ2v) is 8.17. The first-order valence-electron chi connectivity index (χ1n) is 9.40. The molecule has 0 spiro atoms. The van der Waals surface area contributed by atoms with Gasteiger partial charge >= 0.3 is 6.09 Å². The zero-order valence-corrected chi connectivity index (χ0v) is 16.5. The van der Waals surface area contributed by atoms with Crippen molar-refractivity contribution >= 4 is 17.7 Å². The molecule has 0 radical (unpaired) electrons. The Labute approximate surface area is 169 Å². The summed E-state index contributed by atoms with van der Waals surface area (Å²) >= 11 is 6.30. The van der Waals surface area contributed by atoms with E-state index < -0.39 is 6.09 Å². The lowest BCUT2D eigenvalue weighted by molar-refractivity contribution is -0.915. The number of fused-ring (bicyclic) bond motifs is 5. The molecule has 28 heavy (non-hydrogen) atoms. The molecule has 0 bridgehead atoms. The third kappa shape index (κ3) is 3.68. The summed E-state index contributed by atoms with van der Waals surface area (Å²) < 4.78 is 12.2. The third-order valence-corrected chi connectivity index (χ3v) is 5.79. The van der Waals surface area contributed by atoms with Gasteiger partial charge in [0.25, 0.3) is 0 Å². The number of amides is 1. The molecule has 6 nitrogen and oxygen atoms in total. The number of alkyl carbamates (subject to hydrolysis) is 1. The lowest BCUT2D eigenvalue weighted by Crippen LogP contribution is -2.45. The Morgan fingerprint density at radius 1 is 1.21 bits per heavy atom. The van der Waals surface area contributed by atoms with Crippen LogP contribution in [0.25, 0.3) is 0 Å². The van der Waals surface area contributed by atoms with Gasteiger partial charge in [-0.25, -0.2) is 4.79 Å². The summed E-state index contributed by atoms with van der Waals surface area (Å²) in [5.74, 6) is 2.16. The van der Waals surface area contributed by atoms with E-state index in [1.165, 1.54) is 5.56 Å². The minimum Gasteiger partial charge on any atom is -0.457 e. The van der Waals surface area contributed by atoms with Gasteiger partial charge in [0, 0.05) is 34.5 Å². The molecule has 2 aromatic carbocycles. The van der Waals surface area contributed by atoms with E-state index in [4.69, 9.17) is 26.2 Å². The number of hydrogen-bond acceptors (Lipinski definition) is 4. The summed E-state index contributed by atoms with van der Waals surface area (Å²) in [6.45, 7) is 1.97. The number of aliphatic hydroxyl groups is 1. The fraction of sp³-hybridized carbons (Fsp3) is 0.381. The quantitative estimate of drug-likeness (QED) is 0.767. The minimum absolute atomic E-state index is 0.111. The van der Waals surface area contributed by atoms with Crippen LogP contribution < -0.4 is 10.1 Å². The van der Waals surface area contributed by atoms with Crippen molar-refractivity contribution in [2.75, 3.05) is 40.0 Å². The zero-order chi connectivity index (χ0) is 19.7. The molecular weight excluding hydrogens is 380 g/mol. The number of likely N-dealkylation sites (N-methyl/N-ethyl adjacent to an activating group) is 1. The van der Waals surface area contributed by atoms with E-state index >= 15 is 0 Å². The van der Waals surface area contributed by atoms with Crippen LogP contribution in [-0.2, 0) is 4.74 Å². The lowest BCUT2D eigenvalue weighted by Gasteiger charge is -2.29. The van der Waals surface area contributed by atoms with Gasteiger partial charge in [0.05, 0.1) is 26.7 Å². The maximum atomic E-state index is 11.8. The predicted molar refractivity (Wildman–Crippen MR) is 106 cm³/mol. The van der Waals surface area contributed by atoms with Gasteiger partial charge in [-0.15, -0.1) is 0 Å². The van der Waals surface area contributed by atoms with Crippen molar-refractivity contribution in [3.63, 3.8) is 0 Å². The van der Waals surface area contributed by atoms with E-state index in [0.29, 0.717) is 9.51 Å². The number of para-hydroxylation sites is 1. The average molecular weight is 404 g/mol. The van der Waals surface area contributed by atoms with Crippen LogP contribution in [0.4, 0.5) is 4.79 Å². The Bertz CT molecular complexity index is 890. The number of quaternary nitrogens is 1. The number of rotatable bonds is 4. The number of carbonyl (C=O) groups excluding carboxylic acids is 1. The first kappa shape index (κ1) is 19.1. The number of benzene rings is 2. The molecule has 3 atom stereocenters. The van der Waals surface area contributed by atoms with Crippen molar-refractivity contribution < 1.29 is 23.9 Å². The molecule has 2 aromatic rings. The van der Waals surface area contributed by atoms with Crippen molar-refractivity contribution in [3.05, 3.63) is 58.6 Å². The SMILES string of the molecule is C[N+]1(COC(=O)NCCO)CC2c3ccccc3Oc3ccc(Cl)cc3C2C1. The summed E-state index contributed by atoms with van der Waals surface area (Å²) in [7, 11) is 2.10. The highest BCUT2D eigenvalue weighted by molar-refractivity contribution is 6.30. The Balaban J connectivity index is 1.63. The van der Waals surface area contributed by atoms with Gasteiger partial charge in [0.15, 0.2) is 0 Å². The van der Waals surface area contributed by atoms with Crippen molar-refractivity contribution in [1.82, 2.24) is 5.32 Å². The van der Waals surface area contributed by atoms with E-state index in [9.17, 15) is 4.79 Å². The van der Waals surface area contributed by atoms with Crippen molar-refractivity contribution in [2.24, 2.45) is 0 Å². The molecule has 0 saturated carbocycles. The molecule has 0 aliphatic carbocycles. The molecule has 2 aliphatic rings. The Morgan fingerprint density at radius 3 is 2.71 bits per heavy atom. The van der Waals surface area contributed by atoms with Crippen LogP contribution in [0, 0.1) is 0 Å². The molecule has 1 saturated heterocycles. The fourth-order valence-electron chi connectivity index (χ4n) is 4.34. The maximum Gasteiger partial charge on any atom is 0.411 e. The molecule has 1 fully saturated rings. The number of carbonyl (C=O) groups is 1. The number of nitrogens with zero attached hydrogens (tertiary/aromatic N) is 1. The highest BCUT2D eigenvalue weighted by Gasteiger charge is 2.48. The molecule has 4 rings (SSSR count). The molecule has 7 heteroatoms. The predicted octanol–water partition coefficient (Wildman–Crippen LogP) is 3.45. The highest BCUT2D eigenvalue weighted by atomic mass is 35.5. The number of nitrogens with one attached hydrogen (secondary N) is 1. The second kappa shape index (κ2) is 7.62. The van der Waals surface area contributed by atoms with Crippen molar-refractivity contribution in [1.29, 1.82) is 0 Å². The number of aliphatic hydroxyl groups excluding tert-OH is 1. The molecule has 1 amide bonds. The highest BCUT2D eigenvalue weighted by Crippen LogP contribution is 2.51. The Kier molecular flexibility index (Phi) is 5.19. The van der Waals surface area contributed by atoms with Crippen LogP contribution in [0.15, 0.2) is 42.5 Å². The van der Waals surface area contributed by atoms with Gasteiger partial charge in [-0.05, 0) is 24.3 Å². The molecule has 2 aliphatic heterocycles. The van der Waals surface area contributed by atoms with Crippen LogP contribution in [0.1, 0.15) is 23.0 Å². The standard InChI is InChI=1S/C21H23ClN2O4/c1-24(13-27-21(26)23-8-9-25)11-17-15-4-2-3-5-19(15)28-20-7-6-14(22)10-16(20)18(17)12-24/h2-7,10,17-18,25H,8-9,11-13H2,1H3/p+1. The minimum atomic E-state index is -0.507. The molecule has 0 aromatic heterocycles. The van der Waals surface area contributed by atoms with Gasteiger partial charge in [0.2, 0.25) is 6.73 Å². The summed E-state index contributed by atoms with van der Waals surface area (Å²) in [5, 5.41) is 12.0. The van der Waals surface area contributed by atoms with Gasteiger partial charge in [-0.3, -0.25) is 4.48 Å². The van der Waals surface area contributed by atoms with Crippen molar-refractivity contribution in [3.8, 4) is 11.5 Å². The summed E-state index contributed by atoms with van der Waals surface area (Å²) in [4.78, 5) is 11.8. The number of halogens is 1. The second-order valence-electron chi connectivity index (χ2n) is 7.73. The normalized spacial score (nSPS) is 25.0. The van der Waals surface area contributed by atoms with E-state index in [-0.39, 0.29) is 31.7 Å². The van der Waals surface area contributed by atoms with Crippen LogP contribution in [0.3, 0.4) is 0 Å². The zero-order valence-electron chi connectivity index (χ0n) is 15.7. The maximum absolute atomic E-state index is 11.8. The average Bonchev–Trinajstić information content (AvgIpc) is 2.99. The first-order chi connectivity index (χ1) is 13.5. The van der Waals surface area contributed by atoms with E-state index in [1.54, 1.807) is 0 Å². The molecule has 2 heterocycles. The van der Waals surface area contributed by atoms with Crippen LogP contribution in [0.5, 0.6) is 11.5 Å². The van der Waals surface area contributed by atoms with E-state index in [2.05, 4.69) is 18.4 Å². The molecular formula is C21H24ClN2O4+. The Morgan fingerprint density at radius 2 is 1.93 bits per heavy atom. The summed E-state index contributed by atoms with van der Waals surface area (Å²) in [6, 6.07) is 13.9. The third-order valence-electron chi connectivity index (χ3n) is 5.56.